The van der Waals surface area contributed by atoms with Gasteiger partial charge in [-0.05, 0) is 59.6 Å². The molecule has 0 radical (unpaired) electrons. The third-order valence-corrected chi connectivity index (χ3v) is 5.28. The van der Waals surface area contributed by atoms with E-state index in [1.807, 2.05) is 0 Å². The van der Waals surface area contributed by atoms with Crippen LogP contribution in [0.25, 0.3) is 0 Å². The van der Waals surface area contributed by atoms with Gasteiger partial charge in [0.25, 0.3) is 5.91 Å². The van der Waals surface area contributed by atoms with Gasteiger partial charge in [0.05, 0.1) is 17.6 Å². The second-order valence-electron chi connectivity index (χ2n) is 6.79. The third kappa shape index (κ3) is 4.03. The predicted molar refractivity (Wildman–Crippen MR) is 98.9 cm³/mol. The van der Waals surface area contributed by atoms with Crippen molar-refractivity contribution in [1.29, 1.82) is 0 Å². The normalized spacial score (nSPS) is 25.0. The number of nitrogens with zero attached hydrogens (tertiary/aromatic N) is 1. The van der Waals surface area contributed by atoms with Crippen LogP contribution in [-0.2, 0) is 5.54 Å². The second kappa shape index (κ2) is 7.41. The standard InChI is InChI=1S/C18H17BrF4N4O/c1-17(14(18(21,22)23)7-15(24)27-17)11-6-10(3-4-12(11)20)26-16(28)13-5-2-9(19)8-25-13/h2-6,8,14-15,27H,7,24H2,1H3,(H,26,28)/t14-,15?,17-/m1/s1. The van der Waals surface area contributed by atoms with E-state index in [0.29, 0.717) is 4.47 Å². The number of nitrogens with one attached hydrogen (secondary N) is 2. The third-order valence-electron chi connectivity index (χ3n) is 4.81. The lowest BCUT2D eigenvalue weighted by Crippen LogP contribution is -2.47. The van der Waals surface area contributed by atoms with E-state index < -0.39 is 35.5 Å². The maximum Gasteiger partial charge on any atom is 0.394 e. The topological polar surface area (TPSA) is 80.0 Å². The Morgan fingerprint density at radius 1 is 1.36 bits per heavy atom. The molecule has 1 aliphatic heterocycles. The van der Waals surface area contributed by atoms with Crippen molar-refractivity contribution in [2.45, 2.75) is 31.2 Å². The van der Waals surface area contributed by atoms with Gasteiger partial charge < -0.3 is 11.1 Å². The van der Waals surface area contributed by atoms with Gasteiger partial charge in [0.1, 0.15) is 11.5 Å². The quantitative estimate of drug-likeness (QED) is 0.606. The Morgan fingerprint density at radius 2 is 2.07 bits per heavy atom. The second-order valence-corrected chi connectivity index (χ2v) is 7.71. The van der Waals surface area contributed by atoms with Crippen molar-refractivity contribution < 1.29 is 22.4 Å². The van der Waals surface area contributed by atoms with Gasteiger partial charge in [-0.1, -0.05) is 0 Å². The molecule has 0 spiro atoms. The molecule has 1 fully saturated rings. The van der Waals surface area contributed by atoms with Crippen molar-refractivity contribution in [3.05, 3.63) is 58.1 Å². The number of hydrogen-bond acceptors (Lipinski definition) is 4. The molecule has 2 aromatic rings. The number of pyridine rings is 1. The molecular formula is C18H17BrF4N4O. The van der Waals surface area contributed by atoms with Crippen LogP contribution < -0.4 is 16.4 Å². The summed E-state index contributed by atoms with van der Waals surface area (Å²) >= 11 is 3.20. The number of alkyl halides is 3. The molecule has 2 heterocycles. The van der Waals surface area contributed by atoms with Gasteiger partial charge in [0.2, 0.25) is 0 Å². The zero-order valence-corrected chi connectivity index (χ0v) is 16.2. The molecule has 1 amide bonds. The molecule has 0 aliphatic carbocycles. The Bertz CT molecular complexity index is 890. The number of carbonyl (C=O) groups is 1. The number of anilines is 1. The molecule has 4 N–H and O–H groups in total. The van der Waals surface area contributed by atoms with Crippen LogP contribution >= 0.6 is 15.9 Å². The maximum atomic E-state index is 14.5. The van der Waals surface area contributed by atoms with Gasteiger partial charge in [-0.25, -0.2) is 9.37 Å². The van der Waals surface area contributed by atoms with Crippen molar-refractivity contribution in [3.8, 4) is 0 Å². The fraction of sp³-hybridized carbons (Fsp3) is 0.333. The van der Waals surface area contributed by atoms with E-state index in [9.17, 15) is 22.4 Å². The highest BCUT2D eigenvalue weighted by Gasteiger charge is 2.57. The first-order valence-corrected chi connectivity index (χ1v) is 9.13. The number of halogens is 5. The van der Waals surface area contributed by atoms with Crippen LogP contribution in [-0.4, -0.2) is 23.2 Å². The summed E-state index contributed by atoms with van der Waals surface area (Å²) in [6, 6.07) is 6.58. The smallest absolute Gasteiger partial charge is 0.321 e. The van der Waals surface area contributed by atoms with Crippen LogP contribution in [0, 0.1) is 11.7 Å². The van der Waals surface area contributed by atoms with Crippen LogP contribution in [0.15, 0.2) is 41.0 Å². The molecule has 0 bridgehead atoms. The Morgan fingerprint density at radius 3 is 2.68 bits per heavy atom. The Labute approximate surface area is 166 Å². The fourth-order valence-corrected chi connectivity index (χ4v) is 3.70. The van der Waals surface area contributed by atoms with Crippen LogP contribution in [0.5, 0.6) is 0 Å². The van der Waals surface area contributed by atoms with Gasteiger partial charge in [0.15, 0.2) is 0 Å². The summed E-state index contributed by atoms with van der Waals surface area (Å²) in [6.07, 6.45) is -4.44. The zero-order chi connectivity index (χ0) is 20.7. The lowest BCUT2D eigenvalue weighted by Gasteiger charge is -2.34. The van der Waals surface area contributed by atoms with Crippen molar-refractivity contribution in [1.82, 2.24) is 10.3 Å². The number of carbonyl (C=O) groups excluding carboxylic acids is 1. The number of benzene rings is 1. The summed E-state index contributed by atoms with van der Waals surface area (Å²) in [7, 11) is 0. The Kier molecular flexibility index (Phi) is 5.48. The summed E-state index contributed by atoms with van der Waals surface area (Å²) in [4.78, 5) is 16.2. The van der Waals surface area contributed by atoms with E-state index in [-0.39, 0.29) is 23.4 Å². The Hall–Kier alpha value is -2.04. The molecule has 1 aromatic carbocycles. The fourth-order valence-electron chi connectivity index (χ4n) is 3.47. The van der Waals surface area contributed by atoms with E-state index in [4.69, 9.17) is 5.73 Å². The lowest BCUT2D eigenvalue weighted by atomic mass is 9.80. The molecule has 1 aliphatic rings. The van der Waals surface area contributed by atoms with Crippen LogP contribution in [0.2, 0.25) is 0 Å². The number of hydrogen-bond donors (Lipinski definition) is 3. The first-order valence-electron chi connectivity index (χ1n) is 8.33. The van der Waals surface area contributed by atoms with Crippen molar-refractivity contribution in [2.24, 2.45) is 11.7 Å². The summed E-state index contributed by atoms with van der Waals surface area (Å²) in [5.74, 6) is -3.26. The van der Waals surface area contributed by atoms with E-state index >= 15 is 0 Å². The monoisotopic (exact) mass is 460 g/mol. The highest BCUT2D eigenvalue weighted by Crippen LogP contribution is 2.47. The molecular weight excluding hydrogens is 444 g/mol. The van der Waals surface area contributed by atoms with Gasteiger partial charge in [-0.2, -0.15) is 13.2 Å². The van der Waals surface area contributed by atoms with Crippen molar-refractivity contribution in [2.75, 3.05) is 5.32 Å². The largest absolute Gasteiger partial charge is 0.394 e. The molecule has 1 saturated heterocycles. The number of amides is 1. The zero-order valence-electron chi connectivity index (χ0n) is 14.6. The molecule has 3 atom stereocenters. The molecule has 150 valence electrons. The van der Waals surface area contributed by atoms with Crippen LogP contribution in [0.4, 0.5) is 23.2 Å². The first-order chi connectivity index (χ1) is 13.0. The number of nitrogens with two attached hydrogens (primary N) is 1. The summed E-state index contributed by atoms with van der Waals surface area (Å²) in [6.45, 7) is 1.26. The van der Waals surface area contributed by atoms with E-state index in [1.165, 1.54) is 31.3 Å². The molecule has 0 saturated carbocycles. The number of rotatable bonds is 3. The highest BCUT2D eigenvalue weighted by molar-refractivity contribution is 9.10. The SMILES string of the molecule is C[C@]1(c2cc(NC(=O)c3ccc(Br)cn3)ccc2F)NC(N)C[C@H]1C(F)(F)F. The van der Waals surface area contributed by atoms with Gasteiger partial charge in [-0.15, -0.1) is 0 Å². The minimum Gasteiger partial charge on any atom is -0.321 e. The van der Waals surface area contributed by atoms with Crippen LogP contribution in [0.1, 0.15) is 29.4 Å². The number of aromatic nitrogens is 1. The van der Waals surface area contributed by atoms with E-state index in [2.05, 4.69) is 31.5 Å². The van der Waals surface area contributed by atoms with Gasteiger partial charge in [0, 0.05) is 21.9 Å². The average Bonchev–Trinajstić information content (AvgIpc) is 2.93. The predicted octanol–water partition coefficient (Wildman–Crippen LogP) is 3.91. The molecule has 5 nitrogen and oxygen atoms in total. The summed E-state index contributed by atoms with van der Waals surface area (Å²) in [5.41, 5.74) is 3.95. The first kappa shape index (κ1) is 20.7. The van der Waals surface area contributed by atoms with E-state index in [0.717, 1.165) is 6.07 Å². The minimum atomic E-state index is -4.57. The molecule has 10 heteroatoms. The van der Waals surface area contributed by atoms with Gasteiger partial charge >= 0.3 is 6.18 Å². The van der Waals surface area contributed by atoms with Crippen LogP contribution in [0.3, 0.4) is 0 Å². The lowest BCUT2D eigenvalue weighted by molar-refractivity contribution is -0.188. The highest BCUT2D eigenvalue weighted by atomic mass is 79.9. The maximum absolute atomic E-state index is 14.5. The average molecular weight is 461 g/mol. The summed E-state index contributed by atoms with van der Waals surface area (Å²) in [5, 5.41) is 5.18. The minimum absolute atomic E-state index is 0.106. The van der Waals surface area contributed by atoms with Crippen molar-refractivity contribution >= 4 is 27.5 Å². The summed E-state index contributed by atoms with van der Waals surface area (Å²) < 4.78 is 55.7. The molecule has 1 unspecified atom stereocenters. The van der Waals surface area contributed by atoms with Crippen molar-refractivity contribution in [3.63, 3.8) is 0 Å². The van der Waals surface area contributed by atoms with E-state index in [1.54, 1.807) is 6.07 Å². The Balaban J connectivity index is 1.93. The molecule has 1 aromatic heterocycles. The molecule has 28 heavy (non-hydrogen) atoms. The van der Waals surface area contributed by atoms with Gasteiger partial charge in [-0.3, -0.25) is 10.1 Å². The molecule has 3 rings (SSSR count).